The summed E-state index contributed by atoms with van der Waals surface area (Å²) in [6.45, 7) is 1.27. The first-order valence-electron chi connectivity index (χ1n) is 7.53. The van der Waals surface area contributed by atoms with Gasteiger partial charge in [-0.3, -0.25) is 4.79 Å². The minimum atomic E-state index is -4.39. The number of carbonyl (C=O) groups excluding carboxylic acids is 1. The Morgan fingerprint density at radius 3 is 2.65 bits per heavy atom. The first-order chi connectivity index (χ1) is 10.8. The molecular formula is C16H21F3N2O2. The van der Waals surface area contributed by atoms with E-state index in [2.05, 4.69) is 0 Å². The van der Waals surface area contributed by atoms with Gasteiger partial charge >= 0.3 is 6.18 Å². The van der Waals surface area contributed by atoms with Gasteiger partial charge in [-0.25, -0.2) is 0 Å². The molecule has 1 saturated heterocycles. The number of likely N-dealkylation sites (N-methyl/N-ethyl adjacent to an activating group) is 1. The van der Waals surface area contributed by atoms with Crippen molar-refractivity contribution in [2.75, 3.05) is 20.3 Å². The number of benzene rings is 1. The summed E-state index contributed by atoms with van der Waals surface area (Å²) in [4.78, 5) is 13.8. The number of ether oxygens (including phenoxy) is 1. The topological polar surface area (TPSA) is 55.6 Å². The molecule has 0 spiro atoms. The molecule has 1 aliphatic heterocycles. The summed E-state index contributed by atoms with van der Waals surface area (Å²) in [5.41, 5.74) is 5.73. The van der Waals surface area contributed by atoms with Crippen molar-refractivity contribution in [2.24, 2.45) is 11.7 Å². The summed E-state index contributed by atoms with van der Waals surface area (Å²) in [5, 5.41) is 0. The number of hydrogen-bond donors (Lipinski definition) is 1. The molecule has 0 radical (unpaired) electrons. The van der Waals surface area contributed by atoms with Crippen molar-refractivity contribution in [2.45, 2.75) is 31.6 Å². The molecule has 1 aromatic rings. The maximum atomic E-state index is 12.7. The highest BCUT2D eigenvalue weighted by molar-refractivity contribution is 5.81. The van der Waals surface area contributed by atoms with Gasteiger partial charge in [0.2, 0.25) is 5.91 Å². The van der Waals surface area contributed by atoms with E-state index in [0.29, 0.717) is 18.8 Å². The van der Waals surface area contributed by atoms with Crippen LogP contribution < -0.4 is 5.73 Å². The first-order valence-corrected chi connectivity index (χ1v) is 7.53. The van der Waals surface area contributed by atoms with Crippen LogP contribution in [0.1, 0.15) is 24.0 Å². The molecule has 7 heteroatoms. The number of hydrogen-bond acceptors (Lipinski definition) is 3. The molecule has 2 N–H and O–H groups in total. The van der Waals surface area contributed by atoms with Crippen LogP contribution in [0.3, 0.4) is 0 Å². The van der Waals surface area contributed by atoms with Gasteiger partial charge in [-0.15, -0.1) is 0 Å². The van der Waals surface area contributed by atoms with Crippen molar-refractivity contribution in [3.8, 4) is 0 Å². The predicted molar refractivity (Wildman–Crippen MR) is 79.4 cm³/mol. The maximum Gasteiger partial charge on any atom is 0.416 e. The van der Waals surface area contributed by atoms with Gasteiger partial charge in [0.1, 0.15) is 0 Å². The van der Waals surface area contributed by atoms with Crippen LogP contribution in [0, 0.1) is 5.92 Å². The van der Waals surface area contributed by atoms with Crippen molar-refractivity contribution >= 4 is 5.91 Å². The fraction of sp³-hybridized carbons (Fsp3) is 0.562. The normalized spacial score (nSPS) is 17.8. The van der Waals surface area contributed by atoms with Gasteiger partial charge in [-0.1, -0.05) is 12.1 Å². The summed E-state index contributed by atoms with van der Waals surface area (Å²) in [6, 6.07) is 4.34. The fourth-order valence-corrected chi connectivity index (χ4v) is 2.73. The standard InChI is InChI=1S/C16H21F3N2O2/c1-21(15(22)14(20)12-5-7-23-8-6-12)10-11-3-2-4-13(9-11)16(17,18)19/h2-4,9,12,14H,5-8,10,20H2,1H3. The Bertz CT molecular complexity index is 542. The lowest BCUT2D eigenvalue weighted by atomic mass is 9.91. The highest BCUT2D eigenvalue weighted by Gasteiger charge is 2.31. The van der Waals surface area contributed by atoms with Crippen LogP contribution in [0.25, 0.3) is 0 Å². The summed E-state index contributed by atoms with van der Waals surface area (Å²) in [7, 11) is 1.56. The van der Waals surface area contributed by atoms with Crippen molar-refractivity contribution in [3.05, 3.63) is 35.4 Å². The third-order valence-corrected chi connectivity index (χ3v) is 4.11. The van der Waals surface area contributed by atoms with E-state index in [0.717, 1.165) is 25.0 Å². The smallest absolute Gasteiger partial charge is 0.381 e. The lowest BCUT2D eigenvalue weighted by molar-refractivity contribution is -0.137. The zero-order valence-corrected chi connectivity index (χ0v) is 13.0. The summed E-state index contributed by atoms with van der Waals surface area (Å²) in [5.74, 6) is -0.200. The third-order valence-electron chi connectivity index (χ3n) is 4.11. The zero-order valence-electron chi connectivity index (χ0n) is 13.0. The number of alkyl halides is 3. The van der Waals surface area contributed by atoms with Crippen LogP contribution in [-0.2, 0) is 22.3 Å². The Morgan fingerprint density at radius 1 is 1.39 bits per heavy atom. The lowest BCUT2D eigenvalue weighted by Gasteiger charge is -2.30. The van der Waals surface area contributed by atoms with E-state index in [-0.39, 0.29) is 18.4 Å². The molecule has 1 fully saturated rings. The predicted octanol–water partition coefficient (Wildman–Crippen LogP) is 2.42. The van der Waals surface area contributed by atoms with Gasteiger partial charge in [0.15, 0.2) is 0 Å². The van der Waals surface area contributed by atoms with Crippen LogP contribution >= 0.6 is 0 Å². The largest absolute Gasteiger partial charge is 0.416 e. The zero-order chi connectivity index (χ0) is 17.0. The Morgan fingerprint density at radius 2 is 2.04 bits per heavy atom. The third kappa shape index (κ3) is 4.68. The van der Waals surface area contributed by atoms with E-state index in [1.165, 1.54) is 11.0 Å². The lowest BCUT2D eigenvalue weighted by Crippen LogP contribution is -2.47. The SMILES string of the molecule is CN(Cc1cccc(C(F)(F)F)c1)C(=O)C(N)C1CCOCC1. The number of rotatable bonds is 4. The minimum absolute atomic E-state index is 0.0557. The molecule has 2 rings (SSSR count). The molecule has 128 valence electrons. The molecule has 0 aromatic heterocycles. The molecule has 1 amide bonds. The molecule has 1 heterocycles. The second-order valence-corrected chi connectivity index (χ2v) is 5.87. The summed E-state index contributed by atoms with van der Waals surface area (Å²) < 4.78 is 43.4. The second-order valence-electron chi connectivity index (χ2n) is 5.87. The minimum Gasteiger partial charge on any atom is -0.381 e. The van der Waals surface area contributed by atoms with E-state index in [9.17, 15) is 18.0 Å². The molecule has 1 unspecified atom stereocenters. The molecule has 1 atom stereocenters. The second kappa shape index (κ2) is 7.31. The summed E-state index contributed by atoms with van der Waals surface area (Å²) >= 11 is 0. The molecule has 1 aliphatic rings. The van der Waals surface area contributed by atoms with Gasteiger partial charge < -0.3 is 15.4 Å². The van der Waals surface area contributed by atoms with Gasteiger partial charge in [-0.05, 0) is 36.5 Å². The number of amides is 1. The number of nitrogens with two attached hydrogens (primary N) is 1. The monoisotopic (exact) mass is 330 g/mol. The highest BCUT2D eigenvalue weighted by Crippen LogP contribution is 2.29. The van der Waals surface area contributed by atoms with Crippen LogP contribution in [0.15, 0.2) is 24.3 Å². The first kappa shape index (κ1) is 17.7. The number of carbonyl (C=O) groups is 1. The van der Waals surface area contributed by atoms with Gasteiger partial charge in [0, 0.05) is 26.8 Å². The van der Waals surface area contributed by atoms with Crippen LogP contribution in [0.4, 0.5) is 13.2 Å². The van der Waals surface area contributed by atoms with E-state index >= 15 is 0 Å². The van der Waals surface area contributed by atoms with Gasteiger partial charge in [0.05, 0.1) is 11.6 Å². The van der Waals surface area contributed by atoms with Crippen molar-refractivity contribution in [3.63, 3.8) is 0 Å². The number of nitrogens with zero attached hydrogens (tertiary/aromatic N) is 1. The molecule has 0 saturated carbocycles. The van der Waals surface area contributed by atoms with Gasteiger partial charge in [-0.2, -0.15) is 13.2 Å². The molecular weight excluding hydrogens is 309 g/mol. The molecule has 1 aromatic carbocycles. The Balaban J connectivity index is 2.00. The maximum absolute atomic E-state index is 12.7. The molecule has 23 heavy (non-hydrogen) atoms. The van der Waals surface area contributed by atoms with E-state index < -0.39 is 17.8 Å². The fourth-order valence-electron chi connectivity index (χ4n) is 2.73. The average molecular weight is 330 g/mol. The highest BCUT2D eigenvalue weighted by atomic mass is 19.4. The Hall–Kier alpha value is -1.60. The number of halogens is 3. The quantitative estimate of drug-likeness (QED) is 0.922. The van der Waals surface area contributed by atoms with Crippen molar-refractivity contribution in [1.82, 2.24) is 4.90 Å². The van der Waals surface area contributed by atoms with Crippen LogP contribution in [0.2, 0.25) is 0 Å². The van der Waals surface area contributed by atoms with E-state index in [4.69, 9.17) is 10.5 Å². The van der Waals surface area contributed by atoms with Crippen molar-refractivity contribution < 1.29 is 22.7 Å². The molecule has 0 bridgehead atoms. The van der Waals surface area contributed by atoms with E-state index in [1.54, 1.807) is 13.1 Å². The van der Waals surface area contributed by atoms with Crippen LogP contribution in [0.5, 0.6) is 0 Å². The van der Waals surface area contributed by atoms with Crippen molar-refractivity contribution in [1.29, 1.82) is 0 Å². The van der Waals surface area contributed by atoms with E-state index in [1.807, 2.05) is 0 Å². The Labute approximate surface area is 133 Å². The molecule has 0 aliphatic carbocycles. The summed E-state index contributed by atoms with van der Waals surface area (Å²) in [6.07, 6.45) is -2.94. The van der Waals surface area contributed by atoms with Crippen LogP contribution in [-0.4, -0.2) is 37.1 Å². The average Bonchev–Trinajstić information content (AvgIpc) is 2.53. The van der Waals surface area contributed by atoms with Gasteiger partial charge in [0.25, 0.3) is 0 Å². The Kier molecular flexibility index (Phi) is 5.64. The molecule has 4 nitrogen and oxygen atoms in total.